The van der Waals surface area contributed by atoms with Gasteiger partial charge in [0.05, 0.1) is 19.9 Å². The third kappa shape index (κ3) is 3.35. The summed E-state index contributed by atoms with van der Waals surface area (Å²) >= 11 is 0. The van der Waals surface area contributed by atoms with Gasteiger partial charge < -0.3 is 19.7 Å². The summed E-state index contributed by atoms with van der Waals surface area (Å²) in [5, 5.41) is 3.49. The lowest BCUT2D eigenvalue weighted by Crippen LogP contribution is -2.41. The van der Waals surface area contributed by atoms with Crippen molar-refractivity contribution >= 4 is 11.6 Å². The summed E-state index contributed by atoms with van der Waals surface area (Å²) in [6.07, 6.45) is 1.89. The number of benzene rings is 1. The fraction of sp³-hybridized carbons (Fsp3) is 0.533. The first-order valence-electron chi connectivity index (χ1n) is 6.88. The highest BCUT2D eigenvalue weighted by Gasteiger charge is 2.21. The van der Waals surface area contributed by atoms with Crippen molar-refractivity contribution in [3.63, 3.8) is 0 Å². The van der Waals surface area contributed by atoms with Gasteiger partial charge in [-0.05, 0) is 25.0 Å². The summed E-state index contributed by atoms with van der Waals surface area (Å²) in [4.78, 5) is 13.2. The van der Waals surface area contributed by atoms with E-state index in [2.05, 4.69) is 5.32 Å². The summed E-state index contributed by atoms with van der Waals surface area (Å²) in [6.45, 7) is 3.23. The lowest BCUT2D eigenvalue weighted by Gasteiger charge is -2.32. The van der Waals surface area contributed by atoms with Crippen LogP contribution < -0.4 is 14.8 Å². The van der Waals surface area contributed by atoms with Crippen molar-refractivity contribution in [2.24, 2.45) is 0 Å². The number of methoxy groups -OCH3 is 2. The lowest BCUT2D eigenvalue weighted by molar-refractivity contribution is -0.129. The van der Waals surface area contributed by atoms with Crippen LogP contribution in [0.25, 0.3) is 0 Å². The molecule has 0 radical (unpaired) electrons. The van der Waals surface area contributed by atoms with E-state index in [-0.39, 0.29) is 5.91 Å². The quantitative estimate of drug-likeness (QED) is 0.916. The van der Waals surface area contributed by atoms with Crippen LogP contribution in [0.3, 0.4) is 0 Å². The monoisotopic (exact) mass is 278 g/mol. The molecule has 110 valence electrons. The second kappa shape index (κ2) is 6.50. The van der Waals surface area contributed by atoms with Crippen molar-refractivity contribution < 1.29 is 14.3 Å². The molecule has 1 fully saturated rings. The number of hydrogen-bond acceptors (Lipinski definition) is 4. The molecule has 1 saturated heterocycles. The summed E-state index contributed by atoms with van der Waals surface area (Å²) in [7, 11) is 3.31. The first kappa shape index (κ1) is 14.5. The van der Waals surface area contributed by atoms with Crippen molar-refractivity contribution in [3.05, 3.63) is 18.2 Å². The third-order valence-corrected chi connectivity index (χ3v) is 3.71. The van der Waals surface area contributed by atoms with Crippen LogP contribution in [0.15, 0.2) is 18.2 Å². The van der Waals surface area contributed by atoms with Gasteiger partial charge in [-0.25, -0.2) is 0 Å². The molecule has 0 aromatic heterocycles. The number of ether oxygens (including phenoxy) is 2. The number of nitrogens with one attached hydrogen (secondary N) is 1. The van der Waals surface area contributed by atoms with Gasteiger partial charge in [-0.15, -0.1) is 0 Å². The Labute approximate surface area is 119 Å². The number of piperidine rings is 1. The van der Waals surface area contributed by atoms with Gasteiger partial charge >= 0.3 is 0 Å². The predicted octanol–water partition coefficient (Wildman–Crippen LogP) is 2.13. The number of amides is 1. The van der Waals surface area contributed by atoms with Crippen molar-refractivity contribution in [1.82, 2.24) is 4.90 Å². The van der Waals surface area contributed by atoms with E-state index < -0.39 is 0 Å². The second-order valence-electron chi connectivity index (χ2n) is 4.99. The third-order valence-electron chi connectivity index (χ3n) is 3.71. The van der Waals surface area contributed by atoms with E-state index in [1.165, 1.54) is 0 Å². The summed E-state index contributed by atoms with van der Waals surface area (Å²) < 4.78 is 10.6. The van der Waals surface area contributed by atoms with Crippen molar-refractivity contribution in [3.8, 4) is 11.5 Å². The molecular weight excluding hydrogens is 256 g/mol. The Morgan fingerprint density at radius 3 is 2.50 bits per heavy atom. The number of likely N-dealkylation sites (tertiary alicyclic amines) is 1. The van der Waals surface area contributed by atoms with Crippen LogP contribution in [0.5, 0.6) is 11.5 Å². The second-order valence-corrected chi connectivity index (χ2v) is 4.99. The summed E-state index contributed by atoms with van der Waals surface area (Å²) in [5.74, 6) is 1.76. The Morgan fingerprint density at radius 2 is 1.95 bits per heavy atom. The van der Waals surface area contributed by atoms with Crippen LogP contribution in [-0.4, -0.2) is 44.2 Å². The number of anilines is 1. The normalized spacial score (nSPS) is 15.8. The molecule has 1 N–H and O–H groups in total. The number of rotatable bonds is 4. The Balaban J connectivity index is 2.01. The SMILES string of the molecule is COc1ccc(OC)c(NC2CCN(C(C)=O)CC2)c1. The van der Waals surface area contributed by atoms with Crippen LogP contribution in [-0.2, 0) is 4.79 Å². The predicted molar refractivity (Wildman–Crippen MR) is 78.4 cm³/mol. The first-order valence-corrected chi connectivity index (χ1v) is 6.88. The van der Waals surface area contributed by atoms with E-state index in [4.69, 9.17) is 9.47 Å². The van der Waals surface area contributed by atoms with Crippen LogP contribution in [0.4, 0.5) is 5.69 Å². The van der Waals surface area contributed by atoms with Crippen molar-refractivity contribution in [2.75, 3.05) is 32.6 Å². The lowest BCUT2D eigenvalue weighted by atomic mass is 10.0. The molecule has 0 saturated carbocycles. The van der Waals surface area contributed by atoms with E-state index in [1.807, 2.05) is 23.1 Å². The topological polar surface area (TPSA) is 50.8 Å². The van der Waals surface area contributed by atoms with Gasteiger partial charge in [0.2, 0.25) is 5.91 Å². The highest BCUT2D eigenvalue weighted by molar-refractivity contribution is 5.73. The molecule has 0 aliphatic carbocycles. The molecule has 5 heteroatoms. The number of carbonyl (C=O) groups excluding carboxylic acids is 1. The van der Waals surface area contributed by atoms with Gasteiger partial charge in [0.1, 0.15) is 11.5 Å². The largest absolute Gasteiger partial charge is 0.497 e. The van der Waals surface area contributed by atoms with Gasteiger partial charge in [0.15, 0.2) is 0 Å². The van der Waals surface area contributed by atoms with Crippen LogP contribution in [0.1, 0.15) is 19.8 Å². The van der Waals surface area contributed by atoms with E-state index in [1.54, 1.807) is 21.1 Å². The fourth-order valence-electron chi connectivity index (χ4n) is 2.49. The highest BCUT2D eigenvalue weighted by atomic mass is 16.5. The maximum Gasteiger partial charge on any atom is 0.219 e. The molecule has 0 bridgehead atoms. The van der Waals surface area contributed by atoms with Gasteiger partial charge in [0.25, 0.3) is 0 Å². The number of carbonyl (C=O) groups is 1. The van der Waals surface area contributed by atoms with Crippen LogP contribution in [0, 0.1) is 0 Å². The van der Waals surface area contributed by atoms with E-state index in [0.717, 1.165) is 43.1 Å². The summed E-state index contributed by atoms with van der Waals surface area (Å²) in [6, 6.07) is 6.07. The maximum atomic E-state index is 11.3. The molecule has 1 aromatic carbocycles. The molecule has 5 nitrogen and oxygen atoms in total. The molecular formula is C15H22N2O3. The minimum atomic E-state index is 0.155. The molecule has 1 aliphatic heterocycles. The molecule has 1 aliphatic rings. The van der Waals surface area contributed by atoms with E-state index >= 15 is 0 Å². The zero-order chi connectivity index (χ0) is 14.5. The highest BCUT2D eigenvalue weighted by Crippen LogP contribution is 2.30. The van der Waals surface area contributed by atoms with Gasteiger partial charge in [0, 0.05) is 32.1 Å². The zero-order valence-electron chi connectivity index (χ0n) is 12.3. The van der Waals surface area contributed by atoms with Crippen molar-refractivity contribution in [2.45, 2.75) is 25.8 Å². The molecule has 20 heavy (non-hydrogen) atoms. The van der Waals surface area contributed by atoms with Gasteiger partial charge in [-0.3, -0.25) is 4.79 Å². The standard InChI is InChI=1S/C15H22N2O3/c1-11(18)17-8-6-12(7-9-17)16-14-10-13(19-2)4-5-15(14)20-3/h4-5,10,12,16H,6-9H2,1-3H3. The fourth-order valence-corrected chi connectivity index (χ4v) is 2.49. The Morgan fingerprint density at radius 1 is 1.25 bits per heavy atom. The van der Waals surface area contributed by atoms with Gasteiger partial charge in [-0.1, -0.05) is 0 Å². The summed E-state index contributed by atoms with van der Waals surface area (Å²) in [5.41, 5.74) is 0.938. The smallest absolute Gasteiger partial charge is 0.219 e. The molecule has 1 aromatic rings. The average Bonchev–Trinajstić information content (AvgIpc) is 2.47. The number of nitrogens with zero attached hydrogens (tertiary/aromatic N) is 1. The molecule has 1 heterocycles. The Hall–Kier alpha value is -1.91. The van der Waals surface area contributed by atoms with Crippen LogP contribution >= 0.6 is 0 Å². The first-order chi connectivity index (χ1) is 9.63. The van der Waals surface area contributed by atoms with Gasteiger partial charge in [-0.2, -0.15) is 0 Å². The van der Waals surface area contributed by atoms with Crippen LogP contribution in [0.2, 0.25) is 0 Å². The molecule has 0 spiro atoms. The van der Waals surface area contributed by atoms with E-state index in [9.17, 15) is 4.79 Å². The van der Waals surface area contributed by atoms with E-state index in [0.29, 0.717) is 6.04 Å². The average molecular weight is 278 g/mol. The molecule has 2 rings (SSSR count). The minimum absolute atomic E-state index is 0.155. The molecule has 0 atom stereocenters. The van der Waals surface area contributed by atoms with Crippen molar-refractivity contribution in [1.29, 1.82) is 0 Å². The minimum Gasteiger partial charge on any atom is -0.497 e. The molecule has 0 unspecified atom stereocenters. The number of hydrogen-bond donors (Lipinski definition) is 1. The Kier molecular flexibility index (Phi) is 4.71. The Bertz CT molecular complexity index is 468. The molecule has 1 amide bonds. The zero-order valence-corrected chi connectivity index (χ0v) is 12.3. The maximum absolute atomic E-state index is 11.3.